The summed E-state index contributed by atoms with van der Waals surface area (Å²) in [6, 6.07) is 10.3. The van der Waals surface area contributed by atoms with Gasteiger partial charge in [-0.25, -0.2) is 4.98 Å². The van der Waals surface area contributed by atoms with Crippen LogP contribution in [0.15, 0.2) is 35.1 Å². The molecule has 2 aliphatic heterocycles. The lowest BCUT2D eigenvalue weighted by molar-refractivity contribution is -0.132. The van der Waals surface area contributed by atoms with Crippen molar-refractivity contribution in [3.05, 3.63) is 63.3 Å². The number of aliphatic hydroxyl groups is 1. The quantitative estimate of drug-likeness (QED) is 0.828. The van der Waals surface area contributed by atoms with Gasteiger partial charge < -0.3 is 15.0 Å². The van der Waals surface area contributed by atoms with Crippen molar-refractivity contribution in [1.82, 2.24) is 14.9 Å². The van der Waals surface area contributed by atoms with Crippen LogP contribution in [0.1, 0.15) is 41.9 Å². The second-order valence-corrected chi connectivity index (χ2v) is 8.33. The topological polar surface area (TPSA) is 86.3 Å². The number of aromatic amines is 1. The molecule has 2 saturated heterocycles. The molecule has 1 aromatic heterocycles. The lowest BCUT2D eigenvalue weighted by atomic mass is 9.70. The van der Waals surface area contributed by atoms with Gasteiger partial charge in [0.2, 0.25) is 5.91 Å². The minimum absolute atomic E-state index is 0.0213. The molecule has 28 heavy (non-hydrogen) atoms. The van der Waals surface area contributed by atoms with E-state index in [0.717, 1.165) is 25.7 Å². The number of amides is 1. The van der Waals surface area contributed by atoms with Crippen LogP contribution in [-0.2, 0) is 17.6 Å². The first-order valence-electron chi connectivity index (χ1n) is 9.96. The molecule has 2 N–H and O–H groups in total. The second kappa shape index (κ2) is 7.17. The Hall–Kier alpha value is -2.47. The number of hydrogen-bond acceptors (Lipinski definition) is 4. The van der Waals surface area contributed by atoms with Crippen LogP contribution >= 0.6 is 0 Å². The third-order valence-electron chi connectivity index (χ3n) is 6.52. The first kappa shape index (κ1) is 18.9. The van der Waals surface area contributed by atoms with Crippen LogP contribution in [0.2, 0.25) is 0 Å². The lowest BCUT2D eigenvalue weighted by Crippen LogP contribution is -2.44. The van der Waals surface area contributed by atoms with Crippen molar-refractivity contribution < 1.29 is 9.90 Å². The number of nitrogens with zero attached hydrogens (tertiary/aromatic N) is 2. The summed E-state index contributed by atoms with van der Waals surface area (Å²) in [5, 5.41) is 10.3. The number of aryl methyl sites for hydroxylation is 2. The highest BCUT2D eigenvalue weighted by Gasteiger charge is 2.56. The average molecular weight is 381 g/mol. The number of carbonyl (C=O) groups excluding carboxylic acids is 1. The Bertz CT molecular complexity index is 940. The molecule has 2 bridgehead atoms. The summed E-state index contributed by atoms with van der Waals surface area (Å²) in [5.41, 5.74) is 1.71. The molecule has 3 heterocycles. The molecule has 1 aromatic carbocycles. The summed E-state index contributed by atoms with van der Waals surface area (Å²) >= 11 is 0. The summed E-state index contributed by atoms with van der Waals surface area (Å²) in [6.07, 6.45) is 3.52. The Morgan fingerprint density at radius 1 is 1.29 bits per heavy atom. The number of carbonyl (C=O) groups is 1. The first-order chi connectivity index (χ1) is 13.4. The summed E-state index contributed by atoms with van der Waals surface area (Å²) in [6.45, 7) is 3.58. The highest BCUT2D eigenvalue weighted by atomic mass is 16.3. The zero-order valence-corrected chi connectivity index (χ0v) is 16.4. The molecule has 2 aromatic rings. The van der Waals surface area contributed by atoms with Crippen molar-refractivity contribution in [3.8, 4) is 0 Å². The smallest absolute Gasteiger partial charge is 0.254 e. The molecular weight excluding hydrogens is 354 g/mol. The van der Waals surface area contributed by atoms with E-state index in [1.165, 1.54) is 5.56 Å². The number of aliphatic hydroxyl groups excluding tert-OH is 1. The SMILES string of the molecule is Cc1nc(C)c(CC(=O)N2[C@@H]3CC[C@H]2[C@](CO)(Cc2ccccc2)C3)c(=O)[nH]1. The van der Waals surface area contributed by atoms with Crippen LogP contribution in [-0.4, -0.2) is 44.6 Å². The molecule has 148 valence electrons. The van der Waals surface area contributed by atoms with Gasteiger partial charge in [-0.2, -0.15) is 0 Å². The predicted octanol–water partition coefficient (Wildman–Crippen LogP) is 1.91. The van der Waals surface area contributed by atoms with E-state index in [2.05, 4.69) is 22.1 Å². The van der Waals surface area contributed by atoms with Gasteiger partial charge in [0.05, 0.1) is 13.0 Å². The van der Waals surface area contributed by atoms with E-state index in [9.17, 15) is 14.7 Å². The summed E-state index contributed by atoms with van der Waals surface area (Å²) in [4.78, 5) is 34.4. The molecule has 0 spiro atoms. The third-order valence-corrected chi connectivity index (χ3v) is 6.52. The Balaban J connectivity index is 1.58. The summed E-state index contributed by atoms with van der Waals surface area (Å²) in [5.74, 6) is 0.525. The number of hydrogen-bond donors (Lipinski definition) is 2. The Morgan fingerprint density at radius 2 is 2.04 bits per heavy atom. The number of aromatic nitrogens is 2. The number of benzene rings is 1. The van der Waals surface area contributed by atoms with Gasteiger partial charge in [0, 0.05) is 28.8 Å². The van der Waals surface area contributed by atoms with Gasteiger partial charge in [0.25, 0.3) is 5.56 Å². The van der Waals surface area contributed by atoms with Gasteiger partial charge >= 0.3 is 0 Å². The largest absolute Gasteiger partial charge is 0.396 e. The molecule has 0 saturated carbocycles. The third kappa shape index (κ3) is 3.15. The zero-order valence-electron chi connectivity index (χ0n) is 16.4. The first-order valence-corrected chi connectivity index (χ1v) is 9.96. The van der Waals surface area contributed by atoms with E-state index in [1.807, 2.05) is 23.1 Å². The van der Waals surface area contributed by atoms with Crippen molar-refractivity contribution >= 4 is 5.91 Å². The molecule has 4 rings (SSSR count). The van der Waals surface area contributed by atoms with Gasteiger partial charge in [-0.05, 0) is 45.1 Å². The van der Waals surface area contributed by atoms with Crippen molar-refractivity contribution in [2.45, 2.75) is 58.0 Å². The fourth-order valence-corrected chi connectivity index (χ4v) is 5.29. The van der Waals surface area contributed by atoms with E-state index >= 15 is 0 Å². The molecule has 0 aliphatic carbocycles. The molecule has 6 nitrogen and oxygen atoms in total. The Kier molecular flexibility index (Phi) is 4.83. The maximum atomic E-state index is 13.2. The molecule has 3 atom stereocenters. The summed E-state index contributed by atoms with van der Waals surface area (Å²) in [7, 11) is 0. The second-order valence-electron chi connectivity index (χ2n) is 8.33. The van der Waals surface area contributed by atoms with E-state index in [0.29, 0.717) is 17.1 Å². The molecule has 2 fully saturated rings. The molecule has 0 unspecified atom stereocenters. The Morgan fingerprint density at radius 3 is 2.71 bits per heavy atom. The van der Waals surface area contributed by atoms with Crippen LogP contribution < -0.4 is 5.56 Å². The predicted molar refractivity (Wildman–Crippen MR) is 106 cm³/mol. The highest BCUT2D eigenvalue weighted by Crippen LogP contribution is 2.51. The van der Waals surface area contributed by atoms with Gasteiger partial charge in [-0.3, -0.25) is 9.59 Å². The number of rotatable bonds is 5. The van der Waals surface area contributed by atoms with Crippen LogP contribution in [0.4, 0.5) is 0 Å². The van der Waals surface area contributed by atoms with E-state index < -0.39 is 0 Å². The van der Waals surface area contributed by atoms with Gasteiger partial charge in [0.15, 0.2) is 0 Å². The fourth-order valence-electron chi connectivity index (χ4n) is 5.29. The van der Waals surface area contributed by atoms with Crippen molar-refractivity contribution in [2.75, 3.05) is 6.61 Å². The fraction of sp³-hybridized carbons (Fsp3) is 0.500. The molecule has 1 amide bonds. The summed E-state index contributed by atoms with van der Waals surface area (Å²) < 4.78 is 0. The van der Waals surface area contributed by atoms with Crippen LogP contribution in [0.25, 0.3) is 0 Å². The normalized spacial score (nSPS) is 26.0. The minimum Gasteiger partial charge on any atom is -0.396 e. The van der Waals surface area contributed by atoms with Crippen LogP contribution in [0.3, 0.4) is 0 Å². The molecular formula is C22H27N3O3. The average Bonchev–Trinajstić information content (AvgIpc) is 3.21. The minimum atomic E-state index is -0.299. The standard InChI is InChI=1S/C22H27N3O3/c1-14-18(21(28)24-15(2)23-14)10-20(27)25-17-8-9-19(25)22(12-17,13-26)11-16-6-4-3-5-7-16/h3-7,17,19,26H,8-13H2,1-2H3,(H,23,24,28)/t17-,19+,22-/m1/s1. The van der Waals surface area contributed by atoms with Crippen LogP contribution in [0.5, 0.6) is 0 Å². The van der Waals surface area contributed by atoms with E-state index in [-0.39, 0.29) is 42.0 Å². The lowest BCUT2D eigenvalue weighted by Gasteiger charge is -2.36. The molecule has 0 radical (unpaired) electrons. The maximum absolute atomic E-state index is 13.2. The van der Waals surface area contributed by atoms with Gasteiger partial charge in [-0.1, -0.05) is 30.3 Å². The maximum Gasteiger partial charge on any atom is 0.254 e. The monoisotopic (exact) mass is 381 g/mol. The highest BCUT2D eigenvalue weighted by molar-refractivity contribution is 5.80. The van der Waals surface area contributed by atoms with Crippen molar-refractivity contribution in [1.29, 1.82) is 0 Å². The Labute approximate surface area is 164 Å². The van der Waals surface area contributed by atoms with Gasteiger partial charge in [0.1, 0.15) is 5.82 Å². The number of nitrogens with one attached hydrogen (secondary N) is 1. The van der Waals surface area contributed by atoms with E-state index in [1.54, 1.807) is 13.8 Å². The molecule has 2 aliphatic rings. The number of fused-ring (bicyclic) bond motifs is 2. The van der Waals surface area contributed by atoms with E-state index in [4.69, 9.17) is 0 Å². The van der Waals surface area contributed by atoms with Gasteiger partial charge in [-0.15, -0.1) is 0 Å². The van der Waals surface area contributed by atoms with Crippen LogP contribution in [0, 0.1) is 19.3 Å². The molecule has 6 heteroatoms. The zero-order chi connectivity index (χ0) is 19.9. The van der Waals surface area contributed by atoms with Crippen molar-refractivity contribution in [3.63, 3.8) is 0 Å². The number of H-pyrrole nitrogens is 1. The van der Waals surface area contributed by atoms with Crippen molar-refractivity contribution in [2.24, 2.45) is 5.41 Å².